The van der Waals surface area contributed by atoms with Crippen molar-refractivity contribution in [1.29, 1.82) is 0 Å². The van der Waals surface area contributed by atoms with E-state index in [-0.39, 0.29) is 0 Å². The molecule has 3 aromatic carbocycles. The van der Waals surface area contributed by atoms with E-state index in [4.69, 9.17) is 0 Å². The van der Waals surface area contributed by atoms with Gasteiger partial charge < -0.3 is 0 Å². The first-order valence-corrected chi connectivity index (χ1v) is 11.8. The van der Waals surface area contributed by atoms with E-state index in [2.05, 4.69) is 73.2 Å². The summed E-state index contributed by atoms with van der Waals surface area (Å²) in [7, 11) is 0. The molecule has 0 bridgehead atoms. The molecule has 4 heteroatoms. The van der Waals surface area contributed by atoms with Gasteiger partial charge in [-0.2, -0.15) is 0 Å². The van der Waals surface area contributed by atoms with Gasteiger partial charge in [-0.05, 0) is 56.0 Å². The SMILES string of the molecule is CC1=CSC(=c2c3ccccc3c(=C3SC=C(C)S3)c3ccccc23)S1. The van der Waals surface area contributed by atoms with E-state index in [1.165, 1.54) is 50.3 Å². The number of hydrogen-bond donors (Lipinski definition) is 0. The molecule has 0 spiro atoms. The predicted molar refractivity (Wildman–Crippen MR) is 125 cm³/mol. The molecule has 0 saturated heterocycles. The standard InChI is InChI=1S/C22H16S4/c1-13-11-23-21(25-13)19-15-7-3-5-9-17(15)20(22-24-12-14(2)26-22)18-10-6-4-8-16(18)19/h3-12H,1-2H3. The zero-order valence-electron chi connectivity index (χ0n) is 14.4. The number of fused-ring (bicyclic) bond motifs is 2. The normalized spacial score (nSPS) is 17.3. The summed E-state index contributed by atoms with van der Waals surface area (Å²) in [4.78, 5) is 2.75. The van der Waals surface area contributed by atoms with E-state index < -0.39 is 0 Å². The van der Waals surface area contributed by atoms with Crippen molar-refractivity contribution >= 4 is 77.1 Å². The average molecular weight is 409 g/mol. The number of benzene rings is 3. The molecular weight excluding hydrogens is 393 g/mol. The van der Waals surface area contributed by atoms with Crippen molar-refractivity contribution in [1.82, 2.24) is 0 Å². The minimum atomic E-state index is 1.36. The van der Waals surface area contributed by atoms with Crippen LogP contribution in [0, 0.1) is 0 Å². The Morgan fingerprint density at radius 2 is 0.885 bits per heavy atom. The van der Waals surface area contributed by atoms with E-state index in [0.29, 0.717) is 0 Å². The number of allylic oxidation sites excluding steroid dienone is 2. The molecule has 0 aliphatic carbocycles. The molecule has 0 N–H and O–H groups in total. The van der Waals surface area contributed by atoms with Crippen molar-refractivity contribution in [3.8, 4) is 0 Å². The summed E-state index contributed by atoms with van der Waals surface area (Å²) in [6, 6.07) is 17.8. The van der Waals surface area contributed by atoms with Gasteiger partial charge in [-0.3, -0.25) is 0 Å². The highest BCUT2D eigenvalue weighted by atomic mass is 32.2. The van der Waals surface area contributed by atoms with Gasteiger partial charge in [0, 0.05) is 10.4 Å². The molecule has 5 rings (SSSR count). The maximum atomic E-state index is 2.29. The van der Waals surface area contributed by atoms with Crippen molar-refractivity contribution in [2.75, 3.05) is 0 Å². The van der Waals surface area contributed by atoms with E-state index in [1.54, 1.807) is 0 Å². The number of thioether (sulfide) groups is 4. The number of hydrogen-bond acceptors (Lipinski definition) is 4. The molecule has 0 nitrogen and oxygen atoms in total. The van der Waals surface area contributed by atoms with Gasteiger partial charge in [-0.15, -0.1) is 0 Å². The van der Waals surface area contributed by atoms with Gasteiger partial charge in [-0.1, -0.05) is 95.6 Å². The van der Waals surface area contributed by atoms with Gasteiger partial charge in [0.25, 0.3) is 0 Å². The minimum absolute atomic E-state index is 1.36. The third kappa shape index (κ3) is 2.75. The lowest BCUT2D eigenvalue weighted by atomic mass is 9.99. The summed E-state index contributed by atoms with van der Waals surface area (Å²) < 4.78 is 2.79. The molecular formula is C22H16S4. The quantitative estimate of drug-likeness (QED) is 0.375. The molecule has 0 aromatic heterocycles. The lowest BCUT2D eigenvalue weighted by Gasteiger charge is -2.11. The summed E-state index contributed by atoms with van der Waals surface area (Å²) in [5.41, 5.74) is 0. The van der Waals surface area contributed by atoms with Crippen molar-refractivity contribution < 1.29 is 0 Å². The third-order valence-electron chi connectivity index (χ3n) is 4.51. The Bertz CT molecular complexity index is 1090. The van der Waals surface area contributed by atoms with Crippen molar-refractivity contribution in [2.45, 2.75) is 13.8 Å². The predicted octanol–water partition coefficient (Wildman–Crippen LogP) is 6.81. The summed E-state index contributed by atoms with van der Waals surface area (Å²) in [6.07, 6.45) is 0. The molecule has 0 unspecified atom stereocenters. The zero-order valence-corrected chi connectivity index (χ0v) is 17.7. The van der Waals surface area contributed by atoms with E-state index in [9.17, 15) is 0 Å². The summed E-state index contributed by atoms with van der Waals surface area (Å²) >= 11 is 7.52. The molecule has 2 aliphatic rings. The van der Waals surface area contributed by atoms with Crippen LogP contribution < -0.4 is 10.4 Å². The Kier molecular flexibility index (Phi) is 4.40. The highest BCUT2D eigenvalue weighted by Crippen LogP contribution is 2.46. The lowest BCUT2D eigenvalue weighted by Crippen LogP contribution is -2.16. The van der Waals surface area contributed by atoms with E-state index in [1.807, 2.05) is 47.0 Å². The van der Waals surface area contributed by atoms with Crippen LogP contribution in [0.1, 0.15) is 13.8 Å². The summed E-state index contributed by atoms with van der Waals surface area (Å²) in [5.74, 6) is 0. The molecule has 0 radical (unpaired) electrons. The highest BCUT2D eigenvalue weighted by Gasteiger charge is 2.17. The fraction of sp³-hybridized carbons (Fsp3) is 0.0909. The van der Waals surface area contributed by atoms with E-state index >= 15 is 0 Å². The molecule has 0 amide bonds. The molecule has 2 heterocycles. The minimum Gasteiger partial charge on any atom is -0.0892 e. The van der Waals surface area contributed by atoms with Crippen LogP contribution in [0.3, 0.4) is 0 Å². The fourth-order valence-corrected chi connectivity index (χ4v) is 8.04. The van der Waals surface area contributed by atoms with Crippen LogP contribution in [0.4, 0.5) is 0 Å². The first-order chi connectivity index (χ1) is 12.7. The van der Waals surface area contributed by atoms with E-state index in [0.717, 1.165) is 0 Å². The Morgan fingerprint density at radius 1 is 0.538 bits per heavy atom. The maximum absolute atomic E-state index is 2.29. The Labute approximate surface area is 169 Å². The van der Waals surface area contributed by atoms with Gasteiger partial charge in [0.05, 0.1) is 8.47 Å². The van der Waals surface area contributed by atoms with Crippen LogP contribution in [0.2, 0.25) is 0 Å². The van der Waals surface area contributed by atoms with Gasteiger partial charge in [0.1, 0.15) is 0 Å². The van der Waals surface area contributed by atoms with Gasteiger partial charge in [0.15, 0.2) is 0 Å². The van der Waals surface area contributed by atoms with Crippen LogP contribution >= 0.6 is 47.0 Å². The molecule has 0 atom stereocenters. The largest absolute Gasteiger partial charge is 0.0892 e. The molecule has 0 fully saturated rings. The maximum Gasteiger partial charge on any atom is 0.0574 e. The van der Waals surface area contributed by atoms with Crippen LogP contribution in [0.25, 0.3) is 30.0 Å². The highest BCUT2D eigenvalue weighted by molar-refractivity contribution is 8.35. The van der Waals surface area contributed by atoms with Crippen molar-refractivity contribution in [3.63, 3.8) is 0 Å². The average Bonchev–Trinajstić information content (AvgIpc) is 3.27. The van der Waals surface area contributed by atoms with Crippen LogP contribution in [-0.2, 0) is 0 Å². The van der Waals surface area contributed by atoms with Gasteiger partial charge in [-0.25, -0.2) is 0 Å². The number of rotatable bonds is 0. The van der Waals surface area contributed by atoms with Crippen LogP contribution in [0.5, 0.6) is 0 Å². The monoisotopic (exact) mass is 408 g/mol. The van der Waals surface area contributed by atoms with Gasteiger partial charge >= 0.3 is 0 Å². The Hall–Kier alpha value is -1.20. The summed E-state index contributed by atoms with van der Waals surface area (Å²) in [5, 5.41) is 12.7. The third-order valence-corrected chi connectivity index (χ3v) is 9.32. The Balaban J connectivity index is 2.04. The molecule has 3 aromatic rings. The second-order valence-electron chi connectivity index (χ2n) is 6.31. The molecule has 26 heavy (non-hydrogen) atoms. The second-order valence-corrected chi connectivity index (χ2v) is 11.1. The second kappa shape index (κ2) is 6.75. The van der Waals surface area contributed by atoms with Crippen molar-refractivity contribution in [2.24, 2.45) is 0 Å². The molecule has 2 aliphatic heterocycles. The Morgan fingerprint density at radius 3 is 1.15 bits per heavy atom. The van der Waals surface area contributed by atoms with Gasteiger partial charge in [0.2, 0.25) is 0 Å². The first kappa shape index (κ1) is 16.9. The zero-order chi connectivity index (χ0) is 17.7. The first-order valence-electron chi connectivity index (χ1n) is 8.43. The lowest BCUT2D eigenvalue weighted by molar-refractivity contribution is 1.69. The molecule has 0 saturated carbocycles. The van der Waals surface area contributed by atoms with Crippen molar-refractivity contribution in [3.05, 3.63) is 79.6 Å². The smallest absolute Gasteiger partial charge is 0.0574 e. The molecule has 128 valence electrons. The van der Waals surface area contributed by atoms with Crippen LogP contribution in [0.15, 0.2) is 69.2 Å². The summed E-state index contributed by atoms with van der Waals surface area (Å²) in [6.45, 7) is 4.39. The fourth-order valence-electron chi connectivity index (χ4n) is 3.45. The topological polar surface area (TPSA) is 0 Å². The van der Waals surface area contributed by atoms with Crippen LogP contribution in [-0.4, -0.2) is 0 Å².